The van der Waals surface area contributed by atoms with E-state index in [0.29, 0.717) is 18.2 Å². The normalized spacial score (nSPS) is 13.9. The van der Waals surface area contributed by atoms with E-state index in [4.69, 9.17) is 19.1 Å². The lowest BCUT2D eigenvalue weighted by Gasteiger charge is -2.17. The smallest absolute Gasteiger partial charge is 0.337 e. The molecule has 41 heavy (non-hydrogen) atoms. The van der Waals surface area contributed by atoms with Gasteiger partial charge in [0.1, 0.15) is 17.4 Å². The van der Waals surface area contributed by atoms with Crippen LogP contribution in [-0.4, -0.2) is 38.4 Å². The van der Waals surface area contributed by atoms with Gasteiger partial charge in [0.05, 0.1) is 47.5 Å². The topological polar surface area (TPSA) is 75.1 Å². The number of carbonyl (C=O) groups is 1. The Balaban J connectivity index is 1.39. The van der Waals surface area contributed by atoms with Crippen LogP contribution in [0, 0.1) is 0 Å². The second-order valence-electron chi connectivity index (χ2n) is 10.5. The van der Waals surface area contributed by atoms with Crippen LogP contribution in [0.25, 0.3) is 44.8 Å². The Kier molecular flexibility index (Phi) is 6.63. The Morgan fingerprint density at radius 3 is 2.39 bits per heavy atom. The minimum absolute atomic E-state index is 0.383. The molecule has 0 radical (unpaired) electrons. The molecule has 7 nitrogen and oxygen atoms in total. The molecule has 0 bridgehead atoms. The Morgan fingerprint density at radius 1 is 0.927 bits per heavy atom. The monoisotopic (exact) mass is 562 g/mol. The van der Waals surface area contributed by atoms with E-state index in [1.807, 2.05) is 18.2 Å². The highest BCUT2D eigenvalue weighted by atomic mass is 32.2. The lowest BCUT2D eigenvalue weighted by molar-refractivity contribution is 0.0601. The first-order chi connectivity index (χ1) is 20.1. The largest absolute Gasteiger partial charge is 0.467 e. The summed E-state index contributed by atoms with van der Waals surface area (Å²) in [5, 5.41) is 0. The van der Waals surface area contributed by atoms with Crippen LogP contribution in [0.1, 0.15) is 47.8 Å². The average Bonchev–Trinajstić information content (AvgIpc) is 3.83. The molecule has 0 unspecified atom stereocenters. The van der Waals surface area contributed by atoms with Crippen molar-refractivity contribution in [3.63, 3.8) is 0 Å². The maximum Gasteiger partial charge on any atom is 0.337 e. The van der Waals surface area contributed by atoms with E-state index in [1.54, 1.807) is 30.2 Å². The molecule has 1 aliphatic rings. The number of rotatable bonds is 7. The lowest BCUT2D eigenvalue weighted by atomic mass is 10.1. The van der Waals surface area contributed by atoms with Crippen molar-refractivity contribution in [3.05, 3.63) is 90.4 Å². The van der Waals surface area contributed by atoms with Gasteiger partial charge in [0.2, 0.25) is 0 Å². The molecule has 0 amide bonds. The summed E-state index contributed by atoms with van der Waals surface area (Å²) < 4.78 is 15.2. The van der Waals surface area contributed by atoms with Gasteiger partial charge in [-0.3, -0.25) is 0 Å². The first kappa shape index (κ1) is 25.7. The van der Waals surface area contributed by atoms with Gasteiger partial charge in [-0.2, -0.15) is 0 Å². The van der Waals surface area contributed by atoms with Crippen LogP contribution in [0.5, 0.6) is 0 Å². The van der Waals surface area contributed by atoms with Gasteiger partial charge in [-0.25, -0.2) is 14.8 Å². The minimum Gasteiger partial charge on any atom is -0.467 e. The third kappa shape index (κ3) is 4.62. The minimum atomic E-state index is -0.383. The number of ether oxygens (including phenoxy) is 1. The number of fused-ring (bicyclic) bond motifs is 2. The predicted molar refractivity (Wildman–Crippen MR) is 162 cm³/mol. The van der Waals surface area contributed by atoms with Crippen molar-refractivity contribution < 1.29 is 13.9 Å². The van der Waals surface area contributed by atoms with Gasteiger partial charge in [0, 0.05) is 22.1 Å². The summed E-state index contributed by atoms with van der Waals surface area (Å²) in [6, 6.07) is 24.9. The maximum absolute atomic E-state index is 12.2. The average molecular weight is 563 g/mol. The quantitative estimate of drug-likeness (QED) is 0.145. The van der Waals surface area contributed by atoms with Crippen molar-refractivity contribution in [1.82, 2.24) is 19.1 Å². The summed E-state index contributed by atoms with van der Waals surface area (Å²) >= 11 is 1.75. The summed E-state index contributed by atoms with van der Waals surface area (Å²) in [4.78, 5) is 23.7. The number of methoxy groups -OCH3 is 1. The van der Waals surface area contributed by atoms with Crippen molar-refractivity contribution in [2.75, 3.05) is 13.4 Å². The SMILES string of the molecule is COC(=O)c1ccc2c(c1)nc(-c1ccc3c(c1)nc(-c1ccc(SC)cc1)n3C1CCCC1)n2Cc1ccco1. The molecule has 3 heterocycles. The summed E-state index contributed by atoms with van der Waals surface area (Å²) in [5.41, 5.74) is 6.29. The Morgan fingerprint density at radius 2 is 1.66 bits per heavy atom. The van der Waals surface area contributed by atoms with Crippen molar-refractivity contribution >= 4 is 39.8 Å². The first-order valence-corrected chi connectivity index (χ1v) is 15.1. The lowest BCUT2D eigenvalue weighted by Crippen LogP contribution is -2.06. The summed E-state index contributed by atoms with van der Waals surface area (Å²) in [6.45, 7) is 0.512. The fraction of sp³-hybridized carbons (Fsp3) is 0.242. The van der Waals surface area contributed by atoms with E-state index < -0.39 is 0 Å². The molecule has 1 fully saturated rings. The molecular weight excluding hydrogens is 532 g/mol. The van der Waals surface area contributed by atoms with E-state index in [-0.39, 0.29) is 5.97 Å². The molecule has 0 aliphatic heterocycles. The van der Waals surface area contributed by atoms with Crippen molar-refractivity contribution in [2.45, 2.75) is 43.2 Å². The molecule has 6 aromatic rings. The molecular formula is C33H30N4O3S. The zero-order valence-electron chi connectivity index (χ0n) is 23.0. The van der Waals surface area contributed by atoms with Crippen LogP contribution in [0.4, 0.5) is 0 Å². The van der Waals surface area contributed by atoms with Crippen molar-refractivity contribution in [1.29, 1.82) is 0 Å². The number of thioether (sulfide) groups is 1. The number of hydrogen-bond acceptors (Lipinski definition) is 6. The summed E-state index contributed by atoms with van der Waals surface area (Å²) in [6.07, 6.45) is 8.61. The van der Waals surface area contributed by atoms with Gasteiger partial charge in [-0.15, -0.1) is 11.8 Å². The standard InChI is InChI=1S/C33H30N4O3S/c1-39-33(38)23-12-15-29-27(19-23)34-31(36(29)20-25-8-5-17-40-25)22-11-16-30-28(18-22)35-32(37(30)24-6-3-4-7-24)21-9-13-26(41-2)14-10-21/h5,8-19,24H,3-4,6-7,20H2,1-2H3. The predicted octanol–water partition coefficient (Wildman–Crippen LogP) is 7.98. The Hall–Kier alpha value is -4.30. The maximum atomic E-state index is 12.2. The molecule has 0 saturated heterocycles. The fourth-order valence-corrected chi connectivity index (χ4v) is 6.44. The van der Waals surface area contributed by atoms with Crippen molar-refractivity contribution in [3.8, 4) is 22.8 Å². The number of furan rings is 1. The van der Waals surface area contributed by atoms with Crippen LogP contribution in [0.15, 0.2) is 88.4 Å². The summed E-state index contributed by atoms with van der Waals surface area (Å²) in [5.74, 6) is 2.25. The molecule has 1 saturated carbocycles. The molecule has 3 aromatic heterocycles. The van der Waals surface area contributed by atoms with Crippen LogP contribution in [0.3, 0.4) is 0 Å². The van der Waals surface area contributed by atoms with Gasteiger partial charge >= 0.3 is 5.97 Å². The second-order valence-corrected chi connectivity index (χ2v) is 11.4. The van der Waals surface area contributed by atoms with E-state index in [2.05, 4.69) is 57.9 Å². The van der Waals surface area contributed by atoms with Crippen LogP contribution in [-0.2, 0) is 11.3 Å². The molecule has 3 aromatic carbocycles. The van der Waals surface area contributed by atoms with Gasteiger partial charge in [0.25, 0.3) is 0 Å². The number of hydrogen-bond donors (Lipinski definition) is 0. The molecule has 1 aliphatic carbocycles. The van der Waals surface area contributed by atoms with E-state index in [0.717, 1.165) is 50.6 Å². The molecule has 7 rings (SSSR count). The van der Waals surface area contributed by atoms with Gasteiger partial charge in [0.15, 0.2) is 0 Å². The van der Waals surface area contributed by atoms with Crippen molar-refractivity contribution in [2.24, 2.45) is 0 Å². The third-order valence-electron chi connectivity index (χ3n) is 8.05. The fourth-order valence-electron chi connectivity index (χ4n) is 6.03. The Labute approximate surface area is 242 Å². The van der Waals surface area contributed by atoms with E-state index in [9.17, 15) is 4.79 Å². The number of esters is 1. The first-order valence-electron chi connectivity index (χ1n) is 13.9. The number of carbonyl (C=O) groups excluding carboxylic acids is 1. The Bertz CT molecular complexity index is 1860. The van der Waals surface area contributed by atoms with Crippen LogP contribution >= 0.6 is 11.8 Å². The number of nitrogens with zero attached hydrogens (tertiary/aromatic N) is 4. The molecule has 0 N–H and O–H groups in total. The number of aromatic nitrogens is 4. The van der Waals surface area contributed by atoms with E-state index in [1.165, 1.54) is 37.7 Å². The third-order valence-corrected chi connectivity index (χ3v) is 8.79. The second kappa shape index (κ2) is 10.6. The zero-order valence-corrected chi connectivity index (χ0v) is 23.9. The van der Waals surface area contributed by atoms with Gasteiger partial charge in [-0.1, -0.05) is 25.0 Å². The molecule has 206 valence electrons. The molecule has 0 spiro atoms. The van der Waals surface area contributed by atoms with Crippen LogP contribution < -0.4 is 0 Å². The zero-order chi connectivity index (χ0) is 27.9. The highest BCUT2D eigenvalue weighted by Crippen LogP contribution is 2.38. The summed E-state index contributed by atoms with van der Waals surface area (Å²) in [7, 11) is 1.39. The highest BCUT2D eigenvalue weighted by molar-refractivity contribution is 7.98. The highest BCUT2D eigenvalue weighted by Gasteiger charge is 2.24. The van der Waals surface area contributed by atoms with Gasteiger partial charge < -0.3 is 18.3 Å². The van der Waals surface area contributed by atoms with Crippen LogP contribution in [0.2, 0.25) is 0 Å². The number of imidazole rings is 2. The number of benzene rings is 3. The van der Waals surface area contributed by atoms with E-state index >= 15 is 0 Å². The van der Waals surface area contributed by atoms with Gasteiger partial charge in [-0.05, 0) is 79.8 Å². The molecule has 0 atom stereocenters. The molecule has 8 heteroatoms.